The third kappa shape index (κ3) is 5.64. The molecule has 2 fully saturated rings. The molecule has 3 rings (SSSR count). The molecule has 0 bridgehead atoms. The average Bonchev–Trinajstić information content (AvgIpc) is 2.88. The molecule has 2 heterocycles. The van der Waals surface area contributed by atoms with Crippen molar-refractivity contribution in [2.45, 2.75) is 31.9 Å². The molecule has 8 heteroatoms. The summed E-state index contributed by atoms with van der Waals surface area (Å²) >= 11 is 0. The summed E-state index contributed by atoms with van der Waals surface area (Å²) in [4.78, 5) is 28.9. The van der Waals surface area contributed by atoms with Crippen LogP contribution in [0, 0.1) is 5.82 Å². The largest absolute Gasteiger partial charge is 0.375 e. The highest BCUT2D eigenvalue weighted by molar-refractivity contribution is 5.85. The fourth-order valence-corrected chi connectivity index (χ4v) is 3.53. The van der Waals surface area contributed by atoms with Crippen LogP contribution in [0.1, 0.15) is 18.9 Å². The van der Waals surface area contributed by atoms with Gasteiger partial charge in [-0.05, 0) is 31.0 Å². The number of hydrogen-bond donors (Lipinski definition) is 1. The molecule has 2 amide bonds. The minimum atomic E-state index is -0.334. The van der Waals surface area contributed by atoms with Crippen molar-refractivity contribution in [3.63, 3.8) is 0 Å². The molecule has 2 aliphatic heterocycles. The maximum absolute atomic E-state index is 13.3. The first-order valence-electron chi connectivity index (χ1n) is 9.20. The number of nitrogens with zero attached hydrogens (tertiary/aromatic N) is 2. The minimum absolute atomic E-state index is 0. The lowest BCUT2D eigenvalue weighted by Crippen LogP contribution is -2.56. The SMILES string of the molecule is C[C@H]1OCCN[C@@H]1C(=O)N1CCCN(C(=O)Cc2cccc(F)c2)CC1.Cl. The number of ether oxygens (including phenoxy) is 1. The Balaban J connectivity index is 0.00000261. The molecule has 1 aromatic rings. The maximum atomic E-state index is 13.3. The van der Waals surface area contributed by atoms with Crippen molar-refractivity contribution in [1.29, 1.82) is 0 Å². The van der Waals surface area contributed by atoms with Crippen molar-refractivity contribution in [1.82, 2.24) is 15.1 Å². The lowest BCUT2D eigenvalue weighted by Gasteiger charge is -2.33. The fourth-order valence-electron chi connectivity index (χ4n) is 3.53. The van der Waals surface area contributed by atoms with Crippen molar-refractivity contribution in [3.05, 3.63) is 35.6 Å². The molecule has 2 aliphatic rings. The Morgan fingerprint density at radius 3 is 2.70 bits per heavy atom. The van der Waals surface area contributed by atoms with E-state index in [1.807, 2.05) is 11.8 Å². The van der Waals surface area contributed by atoms with E-state index in [1.54, 1.807) is 17.0 Å². The van der Waals surface area contributed by atoms with Crippen LogP contribution in [-0.2, 0) is 20.7 Å². The van der Waals surface area contributed by atoms with Crippen LogP contribution in [0.5, 0.6) is 0 Å². The average molecular weight is 400 g/mol. The van der Waals surface area contributed by atoms with E-state index in [0.29, 0.717) is 44.9 Å². The number of amides is 2. The van der Waals surface area contributed by atoms with Crippen LogP contribution in [-0.4, -0.2) is 73.1 Å². The van der Waals surface area contributed by atoms with Crippen molar-refractivity contribution in [3.8, 4) is 0 Å². The summed E-state index contributed by atoms with van der Waals surface area (Å²) in [5.41, 5.74) is 0.671. The van der Waals surface area contributed by atoms with Crippen LogP contribution in [0.25, 0.3) is 0 Å². The quantitative estimate of drug-likeness (QED) is 0.830. The molecule has 6 nitrogen and oxygen atoms in total. The van der Waals surface area contributed by atoms with Crippen molar-refractivity contribution in [2.24, 2.45) is 0 Å². The number of rotatable bonds is 3. The number of carbonyl (C=O) groups excluding carboxylic acids is 2. The van der Waals surface area contributed by atoms with Gasteiger partial charge in [0.25, 0.3) is 0 Å². The van der Waals surface area contributed by atoms with Crippen LogP contribution < -0.4 is 5.32 Å². The summed E-state index contributed by atoms with van der Waals surface area (Å²) in [6.45, 7) is 5.46. The molecule has 0 aromatic heterocycles. The molecule has 1 aromatic carbocycles. The Morgan fingerprint density at radius 1 is 1.22 bits per heavy atom. The van der Waals surface area contributed by atoms with E-state index in [2.05, 4.69) is 5.32 Å². The Hall–Kier alpha value is -1.70. The first-order valence-corrected chi connectivity index (χ1v) is 9.20. The lowest BCUT2D eigenvalue weighted by atomic mass is 10.1. The molecule has 2 atom stereocenters. The minimum Gasteiger partial charge on any atom is -0.375 e. The van der Waals surface area contributed by atoms with Gasteiger partial charge in [0.2, 0.25) is 11.8 Å². The summed E-state index contributed by atoms with van der Waals surface area (Å²) in [7, 11) is 0. The summed E-state index contributed by atoms with van der Waals surface area (Å²) in [6.07, 6.45) is 0.772. The molecule has 150 valence electrons. The summed E-state index contributed by atoms with van der Waals surface area (Å²) < 4.78 is 18.9. The van der Waals surface area contributed by atoms with E-state index in [-0.39, 0.29) is 48.6 Å². The van der Waals surface area contributed by atoms with E-state index in [4.69, 9.17) is 4.74 Å². The van der Waals surface area contributed by atoms with E-state index >= 15 is 0 Å². The van der Waals surface area contributed by atoms with Crippen LogP contribution in [0.2, 0.25) is 0 Å². The Labute approximate surface area is 165 Å². The molecule has 0 spiro atoms. The van der Waals surface area contributed by atoms with Gasteiger partial charge in [0.15, 0.2) is 0 Å². The van der Waals surface area contributed by atoms with Gasteiger partial charge in [0.1, 0.15) is 11.9 Å². The van der Waals surface area contributed by atoms with Gasteiger partial charge in [-0.15, -0.1) is 12.4 Å². The molecular weight excluding hydrogens is 373 g/mol. The highest BCUT2D eigenvalue weighted by Crippen LogP contribution is 2.12. The van der Waals surface area contributed by atoms with Crippen LogP contribution in [0.15, 0.2) is 24.3 Å². The van der Waals surface area contributed by atoms with Crippen LogP contribution in [0.3, 0.4) is 0 Å². The summed E-state index contributed by atoms with van der Waals surface area (Å²) in [6, 6.07) is 5.81. The van der Waals surface area contributed by atoms with Gasteiger partial charge in [-0.1, -0.05) is 12.1 Å². The topological polar surface area (TPSA) is 61.9 Å². The van der Waals surface area contributed by atoms with Crippen LogP contribution in [0.4, 0.5) is 4.39 Å². The maximum Gasteiger partial charge on any atom is 0.242 e. The van der Waals surface area contributed by atoms with Crippen LogP contribution >= 0.6 is 12.4 Å². The smallest absolute Gasteiger partial charge is 0.242 e. The molecule has 0 saturated carbocycles. The Morgan fingerprint density at radius 2 is 1.96 bits per heavy atom. The number of morpholine rings is 1. The van der Waals surface area contributed by atoms with E-state index in [9.17, 15) is 14.0 Å². The van der Waals surface area contributed by atoms with E-state index in [0.717, 1.165) is 6.42 Å². The molecule has 27 heavy (non-hydrogen) atoms. The monoisotopic (exact) mass is 399 g/mol. The second kappa shape index (κ2) is 10.0. The lowest BCUT2D eigenvalue weighted by molar-refractivity contribution is -0.140. The highest BCUT2D eigenvalue weighted by Gasteiger charge is 2.32. The molecule has 0 unspecified atom stereocenters. The second-order valence-electron chi connectivity index (χ2n) is 6.87. The fraction of sp³-hybridized carbons (Fsp3) is 0.579. The second-order valence-corrected chi connectivity index (χ2v) is 6.87. The van der Waals surface area contributed by atoms with E-state index < -0.39 is 0 Å². The molecule has 2 saturated heterocycles. The number of nitrogens with one attached hydrogen (secondary N) is 1. The first-order chi connectivity index (χ1) is 12.5. The zero-order valence-corrected chi connectivity index (χ0v) is 16.3. The normalized spacial score (nSPS) is 23.3. The van der Waals surface area contributed by atoms with Gasteiger partial charge in [-0.3, -0.25) is 9.59 Å². The van der Waals surface area contributed by atoms with Crippen molar-refractivity contribution in [2.75, 3.05) is 39.3 Å². The summed E-state index contributed by atoms with van der Waals surface area (Å²) in [5, 5.41) is 3.23. The molecule has 1 N–H and O–H groups in total. The highest BCUT2D eigenvalue weighted by atomic mass is 35.5. The van der Waals surface area contributed by atoms with Gasteiger partial charge in [0.05, 0.1) is 19.1 Å². The predicted octanol–water partition coefficient (Wildman–Crippen LogP) is 1.23. The van der Waals surface area contributed by atoms with Gasteiger partial charge < -0.3 is 19.9 Å². The molecule has 0 radical (unpaired) electrons. The van der Waals surface area contributed by atoms with Gasteiger partial charge >= 0.3 is 0 Å². The Kier molecular flexibility index (Phi) is 8.01. The third-order valence-electron chi connectivity index (χ3n) is 4.99. The molecular formula is C19H27ClFN3O3. The van der Waals surface area contributed by atoms with E-state index in [1.165, 1.54) is 12.1 Å². The van der Waals surface area contributed by atoms with Crippen molar-refractivity contribution >= 4 is 24.2 Å². The number of halogens is 2. The first kappa shape index (κ1) is 21.6. The van der Waals surface area contributed by atoms with Crippen molar-refractivity contribution < 1.29 is 18.7 Å². The van der Waals surface area contributed by atoms with Gasteiger partial charge in [0, 0.05) is 32.7 Å². The number of benzene rings is 1. The number of hydrogen-bond acceptors (Lipinski definition) is 4. The third-order valence-corrected chi connectivity index (χ3v) is 4.99. The predicted molar refractivity (Wildman–Crippen MR) is 102 cm³/mol. The number of carbonyl (C=O) groups is 2. The zero-order valence-electron chi connectivity index (χ0n) is 15.5. The Bertz CT molecular complexity index is 661. The van der Waals surface area contributed by atoms with Gasteiger partial charge in [-0.2, -0.15) is 0 Å². The van der Waals surface area contributed by atoms with Gasteiger partial charge in [-0.25, -0.2) is 4.39 Å². The summed E-state index contributed by atoms with van der Waals surface area (Å²) in [5.74, 6) is -0.326. The standard InChI is InChI=1S/C19H26FN3O3.ClH/c1-14-18(21-6-11-26-14)19(25)23-8-3-7-22(9-10-23)17(24)13-15-4-2-5-16(20)12-15;/h2,4-5,12,14,18,21H,3,6-11,13H2,1H3;1H/t14-,18+;/m1./s1. The zero-order chi connectivity index (χ0) is 18.5. The molecule has 0 aliphatic carbocycles.